The third-order valence-electron chi connectivity index (χ3n) is 3.29. The topological polar surface area (TPSA) is 67.9 Å². The molecule has 0 aliphatic carbocycles. The third-order valence-corrected chi connectivity index (χ3v) is 4.75. The molecule has 6 nitrogen and oxygen atoms in total. The highest BCUT2D eigenvalue weighted by Crippen LogP contribution is 2.33. The van der Waals surface area contributed by atoms with Crippen molar-refractivity contribution in [2.45, 2.75) is 0 Å². The predicted molar refractivity (Wildman–Crippen MR) is 84.8 cm³/mol. The molecule has 116 valence electrons. The van der Waals surface area contributed by atoms with E-state index in [2.05, 4.69) is 4.72 Å². The molecule has 1 N–H and O–H groups in total. The molecule has 0 saturated carbocycles. The second kappa shape index (κ2) is 5.76. The van der Waals surface area contributed by atoms with Crippen LogP contribution in [-0.2, 0) is 10.2 Å². The number of rotatable bonds is 4. The lowest BCUT2D eigenvalue weighted by molar-refractivity contribution is 0.316. The van der Waals surface area contributed by atoms with Crippen LogP contribution in [0.15, 0.2) is 48.5 Å². The minimum absolute atomic E-state index is 0.260. The van der Waals surface area contributed by atoms with Gasteiger partial charge in [-0.2, -0.15) is 8.42 Å². The first-order valence-corrected chi connectivity index (χ1v) is 8.20. The highest BCUT2D eigenvalue weighted by Gasteiger charge is 2.28. The molecule has 0 spiro atoms. The molecule has 0 amide bonds. The number of benzene rings is 2. The predicted octanol–water partition coefficient (Wildman–Crippen LogP) is 2.25. The molecule has 1 heterocycles. The molecule has 0 atom stereocenters. The van der Waals surface area contributed by atoms with E-state index < -0.39 is 10.2 Å². The molecule has 0 saturated heterocycles. The van der Waals surface area contributed by atoms with Gasteiger partial charge in [0.15, 0.2) is 0 Å². The summed E-state index contributed by atoms with van der Waals surface area (Å²) in [6, 6.07) is 13.8. The first kappa shape index (κ1) is 14.5. The quantitative estimate of drug-likeness (QED) is 0.938. The fraction of sp³-hybridized carbons (Fsp3) is 0.200. The minimum atomic E-state index is -3.73. The second-order valence-electron chi connectivity index (χ2n) is 4.73. The van der Waals surface area contributed by atoms with E-state index in [1.165, 1.54) is 11.4 Å². The fourth-order valence-electron chi connectivity index (χ4n) is 2.28. The van der Waals surface area contributed by atoms with E-state index in [-0.39, 0.29) is 6.54 Å². The SMILES string of the molecule is COc1cccc(NS(=O)(=O)N2CCOc3ccccc32)c1. The summed E-state index contributed by atoms with van der Waals surface area (Å²) in [7, 11) is -2.19. The Balaban J connectivity index is 1.90. The average molecular weight is 320 g/mol. The Kier molecular flexibility index (Phi) is 3.81. The highest BCUT2D eigenvalue weighted by molar-refractivity contribution is 7.94. The van der Waals surface area contributed by atoms with Crippen molar-refractivity contribution in [2.75, 3.05) is 29.3 Å². The molecule has 0 bridgehead atoms. The summed E-state index contributed by atoms with van der Waals surface area (Å²) in [6.45, 7) is 0.576. The maximum atomic E-state index is 12.6. The number of hydrogen-bond donors (Lipinski definition) is 1. The van der Waals surface area contributed by atoms with E-state index >= 15 is 0 Å². The van der Waals surface area contributed by atoms with Gasteiger partial charge >= 0.3 is 10.2 Å². The fourth-order valence-corrected chi connectivity index (χ4v) is 3.54. The second-order valence-corrected chi connectivity index (χ2v) is 6.32. The van der Waals surface area contributed by atoms with Gasteiger partial charge in [0.05, 0.1) is 25.0 Å². The van der Waals surface area contributed by atoms with Crippen molar-refractivity contribution in [2.24, 2.45) is 0 Å². The van der Waals surface area contributed by atoms with Gasteiger partial charge in [-0.25, -0.2) is 4.31 Å². The first-order valence-electron chi connectivity index (χ1n) is 6.76. The minimum Gasteiger partial charge on any atom is -0.497 e. The molecule has 0 fully saturated rings. The van der Waals surface area contributed by atoms with Crippen LogP contribution in [-0.4, -0.2) is 28.7 Å². The van der Waals surface area contributed by atoms with Crippen LogP contribution in [0, 0.1) is 0 Å². The van der Waals surface area contributed by atoms with Gasteiger partial charge < -0.3 is 9.47 Å². The molecule has 7 heteroatoms. The number of nitrogens with one attached hydrogen (secondary N) is 1. The zero-order valence-electron chi connectivity index (χ0n) is 12.0. The van der Waals surface area contributed by atoms with Gasteiger partial charge in [-0.1, -0.05) is 18.2 Å². The molecule has 0 radical (unpaired) electrons. The van der Waals surface area contributed by atoms with Crippen molar-refractivity contribution in [3.05, 3.63) is 48.5 Å². The maximum Gasteiger partial charge on any atom is 0.324 e. The molecular weight excluding hydrogens is 304 g/mol. The number of ether oxygens (including phenoxy) is 2. The van der Waals surface area contributed by atoms with Crippen molar-refractivity contribution in [1.29, 1.82) is 0 Å². The van der Waals surface area contributed by atoms with E-state index in [0.717, 1.165) is 0 Å². The normalized spacial score (nSPS) is 14.0. The summed E-state index contributed by atoms with van der Waals surface area (Å²) in [4.78, 5) is 0. The van der Waals surface area contributed by atoms with Crippen molar-refractivity contribution >= 4 is 21.6 Å². The molecule has 2 aromatic carbocycles. The van der Waals surface area contributed by atoms with Gasteiger partial charge in [0.25, 0.3) is 0 Å². The van der Waals surface area contributed by atoms with Gasteiger partial charge in [-0.3, -0.25) is 4.72 Å². The van der Waals surface area contributed by atoms with E-state index in [9.17, 15) is 8.42 Å². The Morgan fingerprint density at radius 2 is 2.00 bits per heavy atom. The van der Waals surface area contributed by atoms with Crippen LogP contribution in [0.25, 0.3) is 0 Å². The Hall–Kier alpha value is -2.41. The maximum absolute atomic E-state index is 12.6. The number of methoxy groups -OCH3 is 1. The van der Waals surface area contributed by atoms with E-state index in [0.29, 0.717) is 29.5 Å². The Morgan fingerprint density at radius 1 is 1.18 bits per heavy atom. The first-order chi connectivity index (χ1) is 10.6. The third kappa shape index (κ3) is 2.80. The lowest BCUT2D eigenvalue weighted by Gasteiger charge is -2.30. The molecule has 0 unspecified atom stereocenters. The monoisotopic (exact) mass is 320 g/mol. The van der Waals surface area contributed by atoms with Gasteiger partial charge in [0.1, 0.15) is 18.1 Å². The van der Waals surface area contributed by atoms with Crippen molar-refractivity contribution < 1.29 is 17.9 Å². The van der Waals surface area contributed by atoms with Gasteiger partial charge in [-0.05, 0) is 24.3 Å². The zero-order valence-corrected chi connectivity index (χ0v) is 12.8. The van der Waals surface area contributed by atoms with Gasteiger partial charge in [0.2, 0.25) is 0 Å². The number of hydrogen-bond acceptors (Lipinski definition) is 4. The van der Waals surface area contributed by atoms with E-state index in [1.54, 1.807) is 42.5 Å². The van der Waals surface area contributed by atoms with Crippen molar-refractivity contribution in [3.63, 3.8) is 0 Å². The van der Waals surface area contributed by atoms with Gasteiger partial charge in [-0.15, -0.1) is 0 Å². The summed E-state index contributed by atoms with van der Waals surface area (Å²) in [5.41, 5.74) is 0.979. The molecular formula is C15H16N2O4S. The smallest absolute Gasteiger partial charge is 0.324 e. The van der Waals surface area contributed by atoms with Crippen LogP contribution >= 0.6 is 0 Å². The van der Waals surface area contributed by atoms with Gasteiger partial charge in [0, 0.05) is 6.07 Å². The van der Waals surface area contributed by atoms with Crippen molar-refractivity contribution in [1.82, 2.24) is 0 Å². The van der Waals surface area contributed by atoms with Crippen LogP contribution < -0.4 is 18.5 Å². The number of nitrogens with zero attached hydrogens (tertiary/aromatic N) is 1. The van der Waals surface area contributed by atoms with Crippen LogP contribution in [0.3, 0.4) is 0 Å². The lowest BCUT2D eigenvalue weighted by atomic mass is 10.2. The Bertz CT molecular complexity index is 777. The molecule has 1 aliphatic rings. The molecule has 1 aliphatic heterocycles. The molecule has 3 rings (SSSR count). The van der Waals surface area contributed by atoms with Crippen LogP contribution in [0.2, 0.25) is 0 Å². The van der Waals surface area contributed by atoms with E-state index in [4.69, 9.17) is 9.47 Å². The summed E-state index contributed by atoms with van der Waals surface area (Å²) < 4.78 is 39.7. The van der Waals surface area contributed by atoms with Crippen LogP contribution in [0.1, 0.15) is 0 Å². The summed E-state index contributed by atoms with van der Waals surface area (Å²) in [6.07, 6.45) is 0. The van der Waals surface area contributed by atoms with Crippen molar-refractivity contribution in [3.8, 4) is 11.5 Å². The van der Waals surface area contributed by atoms with Crippen LogP contribution in [0.4, 0.5) is 11.4 Å². The number of para-hydroxylation sites is 2. The highest BCUT2D eigenvalue weighted by atomic mass is 32.2. The Morgan fingerprint density at radius 3 is 2.82 bits per heavy atom. The number of anilines is 2. The lowest BCUT2D eigenvalue weighted by Crippen LogP contribution is -2.41. The summed E-state index contributed by atoms with van der Waals surface area (Å²) in [5.74, 6) is 1.15. The summed E-state index contributed by atoms with van der Waals surface area (Å²) >= 11 is 0. The summed E-state index contributed by atoms with van der Waals surface area (Å²) in [5, 5.41) is 0. The standard InChI is InChI=1S/C15H16N2O4S/c1-20-13-6-4-5-12(11-13)16-22(18,19)17-9-10-21-15-8-3-2-7-14(15)17/h2-8,11,16H,9-10H2,1H3. The molecule has 22 heavy (non-hydrogen) atoms. The average Bonchev–Trinajstić information content (AvgIpc) is 2.54. The number of fused-ring (bicyclic) bond motifs is 1. The zero-order chi connectivity index (χ0) is 15.6. The van der Waals surface area contributed by atoms with Crippen LogP contribution in [0.5, 0.6) is 11.5 Å². The Labute approximate surface area is 129 Å². The largest absolute Gasteiger partial charge is 0.497 e. The van der Waals surface area contributed by atoms with E-state index in [1.807, 2.05) is 6.07 Å². The molecule has 2 aromatic rings. The molecule has 0 aromatic heterocycles.